The zero-order chi connectivity index (χ0) is 27.2. The number of furan rings is 1. The van der Waals surface area contributed by atoms with Crippen LogP contribution >= 0.6 is 11.6 Å². The zero-order valence-corrected chi connectivity index (χ0v) is 22.8. The van der Waals surface area contributed by atoms with Crippen molar-refractivity contribution in [1.29, 1.82) is 0 Å². The summed E-state index contributed by atoms with van der Waals surface area (Å²) in [5.74, 6) is 0.713. The summed E-state index contributed by atoms with van der Waals surface area (Å²) in [5, 5.41) is 0.550. The van der Waals surface area contributed by atoms with E-state index in [1.165, 1.54) is 5.56 Å². The summed E-state index contributed by atoms with van der Waals surface area (Å²) in [6.07, 6.45) is 6.06. The standard InChI is InChI=1S/C30H32ClN5O3/c1-23(37)36-14-5-13-33(19-24-6-3-2-4-7-24)16-17-35(20-25-8-9-26(31)18-28(25)36)30(38)29-11-10-27(39-29)21-34-15-12-32-22-34/h2-4,6-12,15,18,22H,5,13-14,16-17,19-21H2,1H3. The molecule has 0 aliphatic carbocycles. The summed E-state index contributed by atoms with van der Waals surface area (Å²) < 4.78 is 7.86. The van der Waals surface area contributed by atoms with Crippen LogP contribution in [0.3, 0.4) is 0 Å². The van der Waals surface area contributed by atoms with Crippen LogP contribution in [0, 0.1) is 0 Å². The highest BCUT2D eigenvalue weighted by Crippen LogP contribution is 2.28. The van der Waals surface area contributed by atoms with Crippen LogP contribution in [0.2, 0.25) is 5.02 Å². The smallest absolute Gasteiger partial charge is 0.289 e. The van der Waals surface area contributed by atoms with Gasteiger partial charge in [-0.05, 0) is 41.8 Å². The maximum atomic E-state index is 13.8. The molecule has 0 spiro atoms. The first-order valence-corrected chi connectivity index (χ1v) is 13.5. The number of carbonyl (C=O) groups is 2. The number of nitrogens with zero attached hydrogens (tertiary/aromatic N) is 5. The molecule has 4 aromatic rings. The van der Waals surface area contributed by atoms with Crippen LogP contribution in [-0.4, -0.2) is 57.3 Å². The van der Waals surface area contributed by atoms with E-state index in [0.717, 1.165) is 30.8 Å². The second-order valence-electron chi connectivity index (χ2n) is 9.79. The summed E-state index contributed by atoms with van der Waals surface area (Å²) >= 11 is 6.37. The van der Waals surface area contributed by atoms with E-state index in [9.17, 15) is 9.59 Å². The number of benzene rings is 2. The molecule has 0 saturated carbocycles. The van der Waals surface area contributed by atoms with Gasteiger partial charge in [0.25, 0.3) is 5.91 Å². The van der Waals surface area contributed by atoms with Crippen LogP contribution in [0.25, 0.3) is 0 Å². The quantitative estimate of drug-likeness (QED) is 0.350. The molecular formula is C30H32ClN5O3. The van der Waals surface area contributed by atoms with E-state index in [1.54, 1.807) is 41.4 Å². The van der Waals surface area contributed by atoms with Gasteiger partial charge in [0.05, 0.1) is 18.6 Å². The minimum Gasteiger partial charge on any atom is -0.454 e. The van der Waals surface area contributed by atoms with E-state index >= 15 is 0 Å². The molecule has 2 aromatic carbocycles. The fourth-order valence-electron chi connectivity index (χ4n) is 4.95. The van der Waals surface area contributed by atoms with Gasteiger partial charge in [-0.2, -0.15) is 0 Å². The minimum atomic E-state index is -0.193. The molecule has 202 valence electrons. The normalized spacial score (nSPS) is 15.0. The van der Waals surface area contributed by atoms with Crippen molar-refractivity contribution in [1.82, 2.24) is 19.4 Å². The van der Waals surface area contributed by atoms with Gasteiger partial charge in [-0.3, -0.25) is 14.5 Å². The average Bonchev–Trinajstić information content (AvgIpc) is 3.61. The van der Waals surface area contributed by atoms with E-state index in [2.05, 4.69) is 22.0 Å². The first-order valence-electron chi connectivity index (χ1n) is 13.1. The first-order chi connectivity index (χ1) is 19.0. The maximum Gasteiger partial charge on any atom is 0.289 e. The fourth-order valence-corrected chi connectivity index (χ4v) is 5.11. The number of carbonyl (C=O) groups excluding carboxylic acids is 2. The van der Waals surface area contributed by atoms with Gasteiger partial charge in [0.15, 0.2) is 5.76 Å². The van der Waals surface area contributed by atoms with Gasteiger partial charge in [-0.15, -0.1) is 0 Å². The molecule has 39 heavy (non-hydrogen) atoms. The zero-order valence-electron chi connectivity index (χ0n) is 22.0. The van der Waals surface area contributed by atoms with Crippen LogP contribution in [0.1, 0.15) is 40.8 Å². The van der Waals surface area contributed by atoms with E-state index in [1.807, 2.05) is 47.2 Å². The van der Waals surface area contributed by atoms with Gasteiger partial charge in [0, 0.05) is 63.6 Å². The lowest BCUT2D eigenvalue weighted by Gasteiger charge is -2.27. The molecule has 3 heterocycles. The van der Waals surface area contributed by atoms with Crippen molar-refractivity contribution in [2.75, 3.05) is 31.1 Å². The molecule has 2 aromatic heterocycles. The Labute approximate surface area is 233 Å². The Kier molecular flexibility index (Phi) is 8.44. The Bertz CT molecular complexity index is 1400. The third-order valence-corrected chi connectivity index (χ3v) is 7.16. The fraction of sp³-hybridized carbons (Fsp3) is 0.300. The molecule has 0 radical (unpaired) electrons. The predicted octanol–water partition coefficient (Wildman–Crippen LogP) is 5.08. The lowest BCUT2D eigenvalue weighted by atomic mass is 10.1. The number of imidazole rings is 1. The van der Waals surface area contributed by atoms with Crippen molar-refractivity contribution in [2.45, 2.75) is 33.0 Å². The maximum absolute atomic E-state index is 13.8. The third-order valence-electron chi connectivity index (χ3n) is 6.93. The molecule has 9 heteroatoms. The molecule has 1 aliphatic heterocycles. The topological polar surface area (TPSA) is 74.8 Å². The monoisotopic (exact) mass is 545 g/mol. The van der Waals surface area contributed by atoms with Gasteiger partial charge >= 0.3 is 0 Å². The third kappa shape index (κ3) is 6.77. The van der Waals surface area contributed by atoms with Crippen molar-refractivity contribution in [3.8, 4) is 0 Å². The number of amides is 2. The summed E-state index contributed by atoms with van der Waals surface area (Å²) in [5.41, 5.74) is 2.81. The molecule has 8 nitrogen and oxygen atoms in total. The average molecular weight is 546 g/mol. The van der Waals surface area contributed by atoms with Crippen LogP contribution in [0.15, 0.2) is 83.8 Å². The lowest BCUT2D eigenvalue weighted by Crippen LogP contribution is -2.38. The van der Waals surface area contributed by atoms with Crippen molar-refractivity contribution >= 4 is 29.1 Å². The highest BCUT2D eigenvalue weighted by molar-refractivity contribution is 6.31. The Morgan fingerprint density at radius 1 is 0.974 bits per heavy atom. The Balaban J connectivity index is 1.44. The van der Waals surface area contributed by atoms with Crippen LogP contribution in [0.4, 0.5) is 5.69 Å². The number of halogens is 1. The number of rotatable bonds is 5. The SMILES string of the molecule is CC(=O)N1CCCN(Cc2ccccc2)CCN(C(=O)c2ccc(Cn3ccnc3)o2)Cc2ccc(Cl)cc21. The van der Waals surface area contributed by atoms with Crippen molar-refractivity contribution in [3.63, 3.8) is 0 Å². The molecule has 0 atom stereocenters. The number of aromatic nitrogens is 2. The van der Waals surface area contributed by atoms with E-state index in [4.69, 9.17) is 16.0 Å². The highest BCUT2D eigenvalue weighted by Gasteiger charge is 2.25. The van der Waals surface area contributed by atoms with E-state index < -0.39 is 0 Å². The molecule has 5 rings (SSSR count). The molecular weight excluding hydrogens is 514 g/mol. The summed E-state index contributed by atoms with van der Waals surface area (Å²) in [6.45, 7) is 5.69. The number of fused-ring (bicyclic) bond motifs is 1. The summed E-state index contributed by atoms with van der Waals surface area (Å²) in [4.78, 5) is 36.5. The second-order valence-corrected chi connectivity index (χ2v) is 10.2. The molecule has 0 N–H and O–H groups in total. The van der Waals surface area contributed by atoms with Gasteiger partial charge in [-0.25, -0.2) is 4.98 Å². The number of anilines is 1. The molecule has 0 unspecified atom stereocenters. The second kappa shape index (κ2) is 12.3. The first kappa shape index (κ1) is 26.7. The van der Waals surface area contributed by atoms with Gasteiger partial charge in [0.1, 0.15) is 5.76 Å². The summed E-state index contributed by atoms with van der Waals surface area (Å²) in [6, 6.07) is 19.4. The molecule has 1 aliphatic rings. The predicted molar refractivity (Wildman–Crippen MR) is 151 cm³/mol. The molecule has 0 fully saturated rings. The highest BCUT2D eigenvalue weighted by atomic mass is 35.5. The number of hydrogen-bond acceptors (Lipinski definition) is 5. The summed E-state index contributed by atoms with van der Waals surface area (Å²) in [7, 11) is 0. The van der Waals surface area contributed by atoms with Gasteiger partial charge < -0.3 is 18.8 Å². The van der Waals surface area contributed by atoms with E-state index in [-0.39, 0.29) is 17.6 Å². The molecule has 2 amide bonds. The van der Waals surface area contributed by atoms with Crippen molar-refractivity contribution in [2.24, 2.45) is 0 Å². The Hall–Kier alpha value is -3.88. The Morgan fingerprint density at radius 2 is 1.82 bits per heavy atom. The van der Waals surface area contributed by atoms with Crippen LogP contribution in [0.5, 0.6) is 0 Å². The van der Waals surface area contributed by atoms with Gasteiger partial charge in [-0.1, -0.05) is 48.0 Å². The van der Waals surface area contributed by atoms with Crippen LogP contribution in [-0.2, 0) is 24.4 Å². The number of hydrogen-bond donors (Lipinski definition) is 0. The van der Waals surface area contributed by atoms with Crippen LogP contribution < -0.4 is 4.90 Å². The molecule has 0 bridgehead atoms. The van der Waals surface area contributed by atoms with Gasteiger partial charge in [0.2, 0.25) is 5.91 Å². The van der Waals surface area contributed by atoms with Crippen molar-refractivity contribution in [3.05, 3.63) is 107 Å². The Morgan fingerprint density at radius 3 is 2.59 bits per heavy atom. The molecule has 0 saturated heterocycles. The van der Waals surface area contributed by atoms with E-state index in [0.29, 0.717) is 43.5 Å². The minimum absolute atomic E-state index is 0.0552. The lowest BCUT2D eigenvalue weighted by molar-refractivity contribution is -0.116. The largest absolute Gasteiger partial charge is 0.454 e. The van der Waals surface area contributed by atoms with Crippen molar-refractivity contribution < 1.29 is 14.0 Å².